The van der Waals surface area contributed by atoms with E-state index in [1.54, 1.807) is 32.0 Å². The number of benzene rings is 3. The summed E-state index contributed by atoms with van der Waals surface area (Å²) in [5.41, 5.74) is 1.87. The van der Waals surface area contributed by atoms with E-state index in [-0.39, 0.29) is 35.3 Å². The molecule has 2 aromatic heterocycles. The van der Waals surface area contributed by atoms with Crippen LogP contribution < -0.4 is 29.0 Å². The fourth-order valence-corrected chi connectivity index (χ4v) is 4.76. The molecule has 0 unspecified atom stereocenters. The highest BCUT2D eigenvalue weighted by Gasteiger charge is 2.25. The van der Waals surface area contributed by atoms with Crippen molar-refractivity contribution in [3.8, 4) is 40.2 Å². The predicted octanol–water partition coefficient (Wildman–Crippen LogP) is 6.23. The van der Waals surface area contributed by atoms with Crippen LogP contribution >= 0.6 is 0 Å². The van der Waals surface area contributed by atoms with Gasteiger partial charge in [-0.25, -0.2) is 13.5 Å². The van der Waals surface area contributed by atoms with Crippen molar-refractivity contribution < 1.29 is 37.3 Å². The first kappa shape index (κ1) is 27.8. The molecule has 12 heteroatoms. The molecule has 1 aliphatic heterocycles. The van der Waals surface area contributed by atoms with E-state index in [2.05, 4.69) is 15.4 Å². The molecule has 0 fully saturated rings. The molecule has 0 radical (unpaired) electrons. The molecule has 43 heavy (non-hydrogen) atoms. The van der Waals surface area contributed by atoms with E-state index in [0.29, 0.717) is 58.4 Å². The van der Waals surface area contributed by atoms with Crippen LogP contribution in [0.5, 0.6) is 34.5 Å². The predicted molar refractivity (Wildman–Crippen MR) is 153 cm³/mol. The number of aromatic nitrogens is 3. The lowest BCUT2D eigenvalue weighted by atomic mass is 10.1. The maximum atomic E-state index is 15.3. The summed E-state index contributed by atoms with van der Waals surface area (Å²) in [6.07, 6.45) is 3.07. The number of anilines is 1. The van der Waals surface area contributed by atoms with Crippen LogP contribution in [0.3, 0.4) is 0 Å². The number of aryl methyl sites for hydroxylation is 1. The normalized spacial score (nSPS) is 12.2. The number of ether oxygens (including phenoxy) is 5. The summed E-state index contributed by atoms with van der Waals surface area (Å²) < 4.78 is 59.0. The third-order valence-corrected chi connectivity index (χ3v) is 6.67. The van der Waals surface area contributed by atoms with E-state index >= 15 is 4.39 Å². The van der Waals surface area contributed by atoms with Gasteiger partial charge in [0.05, 0.1) is 36.5 Å². The van der Waals surface area contributed by atoms with Crippen LogP contribution in [-0.4, -0.2) is 47.6 Å². The molecule has 3 heterocycles. The molecule has 0 spiro atoms. The van der Waals surface area contributed by atoms with Crippen molar-refractivity contribution in [3.63, 3.8) is 0 Å². The van der Waals surface area contributed by atoms with Gasteiger partial charge in [-0.15, -0.1) is 0 Å². The van der Waals surface area contributed by atoms with Crippen LogP contribution in [0.1, 0.15) is 23.0 Å². The van der Waals surface area contributed by atoms with Gasteiger partial charge in [-0.05, 0) is 55.8 Å². The third kappa shape index (κ3) is 5.34. The Hall–Kier alpha value is -5.39. The van der Waals surface area contributed by atoms with E-state index in [1.165, 1.54) is 48.5 Å². The number of halogens is 2. The average Bonchev–Trinajstić information content (AvgIpc) is 3.42. The van der Waals surface area contributed by atoms with Crippen molar-refractivity contribution in [1.82, 2.24) is 14.8 Å². The Labute approximate surface area is 244 Å². The number of carbonyl (C=O) groups excluding carboxylic acids is 1. The molecule has 1 N–H and O–H groups in total. The Bertz CT molecular complexity index is 1860. The number of carbonyl (C=O) groups is 1. The molecule has 0 bridgehead atoms. The minimum atomic E-state index is -0.722. The number of hydrogen-bond acceptors (Lipinski definition) is 8. The largest absolute Gasteiger partial charge is 0.493 e. The van der Waals surface area contributed by atoms with Crippen molar-refractivity contribution in [1.29, 1.82) is 0 Å². The lowest BCUT2D eigenvalue weighted by molar-refractivity contribution is 0.101. The average molecular weight is 589 g/mol. The fourth-order valence-electron chi connectivity index (χ4n) is 4.76. The van der Waals surface area contributed by atoms with Gasteiger partial charge in [-0.3, -0.25) is 9.78 Å². The maximum Gasteiger partial charge on any atom is 0.280 e. The van der Waals surface area contributed by atoms with Gasteiger partial charge in [-0.1, -0.05) is 0 Å². The second-order valence-electron chi connectivity index (χ2n) is 9.49. The number of fused-ring (bicyclic) bond motifs is 3. The summed E-state index contributed by atoms with van der Waals surface area (Å²) in [6.45, 7) is 4.46. The molecule has 5 aromatic rings. The van der Waals surface area contributed by atoms with Crippen LogP contribution in [0.25, 0.3) is 16.6 Å². The zero-order chi connectivity index (χ0) is 30.1. The number of rotatable bonds is 8. The Morgan fingerprint density at radius 2 is 1.81 bits per heavy atom. The molecule has 3 aromatic carbocycles. The van der Waals surface area contributed by atoms with Gasteiger partial charge >= 0.3 is 0 Å². The molecular weight excluding hydrogens is 562 g/mol. The summed E-state index contributed by atoms with van der Waals surface area (Å²) in [6, 6.07) is 11.5. The van der Waals surface area contributed by atoms with Crippen molar-refractivity contribution >= 4 is 22.5 Å². The van der Waals surface area contributed by atoms with E-state index in [0.717, 1.165) is 6.07 Å². The lowest BCUT2D eigenvalue weighted by Gasteiger charge is -2.23. The molecule has 220 valence electrons. The van der Waals surface area contributed by atoms with Crippen LogP contribution in [0.4, 0.5) is 14.5 Å². The Morgan fingerprint density at radius 1 is 1.00 bits per heavy atom. The summed E-state index contributed by atoms with van der Waals surface area (Å²) in [7, 11) is 1.52. The Kier molecular flexibility index (Phi) is 7.41. The lowest BCUT2D eigenvalue weighted by Crippen LogP contribution is -2.16. The fraction of sp³-hybridized carbons (Fsp3) is 0.194. The van der Waals surface area contributed by atoms with Crippen LogP contribution in [0.2, 0.25) is 0 Å². The molecule has 1 aliphatic rings. The highest BCUT2D eigenvalue weighted by molar-refractivity contribution is 6.04. The van der Waals surface area contributed by atoms with Gasteiger partial charge < -0.3 is 29.0 Å². The van der Waals surface area contributed by atoms with Gasteiger partial charge in [0.25, 0.3) is 5.91 Å². The monoisotopic (exact) mass is 588 g/mol. The first-order valence-corrected chi connectivity index (χ1v) is 13.4. The summed E-state index contributed by atoms with van der Waals surface area (Å²) >= 11 is 0. The highest BCUT2D eigenvalue weighted by atomic mass is 19.1. The van der Waals surface area contributed by atoms with E-state index in [4.69, 9.17) is 23.7 Å². The molecular formula is C31H26F2N4O6. The number of methoxy groups -OCH3 is 1. The smallest absolute Gasteiger partial charge is 0.280 e. The Morgan fingerprint density at radius 3 is 2.56 bits per heavy atom. The van der Waals surface area contributed by atoms with Crippen LogP contribution in [-0.2, 0) is 0 Å². The van der Waals surface area contributed by atoms with Gasteiger partial charge in [0.1, 0.15) is 24.8 Å². The molecule has 0 saturated heterocycles. The van der Waals surface area contributed by atoms with E-state index < -0.39 is 11.7 Å². The van der Waals surface area contributed by atoms with Crippen molar-refractivity contribution in [3.05, 3.63) is 83.8 Å². The van der Waals surface area contributed by atoms with Crippen LogP contribution in [0, 0.1) is 18.6 Å². The maximum absolute atomic E-state index is 15.3. The highest BCUT2D eigenvalue weighted by Crippen LogP contribution is 2.48. The molecule has 0 aliphatic carbocycles. The zero-order valence-corrected chi connectivity index (χ0v) is 23.4. The Balaban J connectivity index is 1.26. The number of amides is 1. The molecule has 0 atom stereocenters. The first-order valence-electron chi connectivity index (χ1n) is 13.4. The van der Waals surface area contributed by atoms with Gasteiger partial charge in [-0.2, -0.15) is 5.10 Å². The van der Waals surface area contributed by atoms with Crippen molar-refractivity contribution in [2.75, 3.05) is 32.2 Å². The molecule has 1 amide bonds. The molecule has 6 rings (SSSR count). The second-order valence-corrected chi connectivity index (χ2v) is 9.49. The quantitative estimate of drug-likeness (QED) is 0.227. The third-order valence-electron chi connectivity index (χ3n) is 6.67. The number of nitrogens with one attached hydrogen (secondary N) is 1. The van der Waals surface area contributed by atoms with E-state index in [1.807, 2.05) is 0 Å². The summed E-state index contributed by atoms with van der Waals surface area (Å²) in [5.74, 6) is -0.0129. The zero-order valence-electron chi connectivity index (χ0n) is 23.4. The number of hydrogen-bond donors (Lipinski definition) is 1. The standard InChI is InChI=1S/C31H26F2N4O6/c1-4-40-26-16-37(22-7-5-18(32)13-17(22)2)36-28(26)31(38)35-19-6-8-23(20(33)14-19)43-24-9-10-34-21-15-25(39-3)29-30(27(21)24)42-12-11-41-29/h5-10,13-16H,4,11-12H2,1-3H3,(H,35,38). The van der Waals surface area contributed by atoms with E-state index in [9.17, 15) is 9.18 Å². The first-order chi connectivity index (χ1) is 20.9. The second kappa shape index (κ2) is 11.5. The van der Waals surface area contributed by atoms with Crippen molar-refractivity contribution in [2.24, 2.45) is 0 Å². The summed E-state index contributed by atoms with van der Waals surface area (Å²) in [5, 5.41) is 7.51. The number of nitrogens with zero attached hydrogens (tertiary/aromatic N) is 3. The summed E-state index contributed by atoms with van der Waals surface area (Å²) in [4.78, 5) is 17.6. The molecule has 0 saturated carbocycles. The van der Waals surface area contributed by atoms with Gasteiger partial charge in [0.15, 0.2) is 34.5 Å². The SMILES string of the molecule is CCOc1cn(-c2ccc(F)cc2C)nc1C(=O)Nc1ccc(Oc2ccnc3cc(OC)c4c(c23)OCCO4)c(F)c1. The van der Waals surface area contributed by atoms with Crippen LogP contribution in [0.15, 0.2) is 60.9 Å². The van der Waals surface area contributed by atoms with Gasteiger partial charge in [0, 0.05) is 24.0 Å². The topological polar surface area (TPSA) is 106 Å². The van der Waals surface area contributed by atoms with Crippen molar-refractivity contribution in [2.45, 2.75) is 13.8 Å². The minimum absolute atomic E-state index is 0.0167. The molecule has 10 nitrogen and oxygen atoms in total. The van der Waals surface area contributed by atoms with Gasteiger partial charge in [0.2, 0.25) is 5.75 Å². The minimum Gasteiger partial charge on any atom is -0.493 e. The number of pyridine rings is 1.